The standard InChI is InChI=1S/C18H13FN8/c19-11-2-1-6-27-15(11)8-13(25-27)17-16-12(23-10-24-16)3-7-26(17)18-14(9-20)21-4-5-22-18/h1-2,4-6,8,10,17H,3,7H2,(H,23,24)/t17-/m1/s1. The van der Waals surface area contributed by atoms with Crippen LogP contribution in [-0.2, 0) is 6.42 Å². The Bertz CT molecular complexity index is 1190. The normalized spacial score (nSPS) is 16.3. The van der Waals surface area contributed by atoms with E-state index in [-0.39, 0.29) is 11.5 Å². The molecule has 0 fully saturated rings. The third-order valence-corrected chi connectivity index (χ3v) is 4.73. The van der Waals surface area contributed by atoms with E-state index in [1.54, 1.807) is 30.9 Å². The highest BCUT2D eigenvalue weighted by molar-refractivity contribution is 5.57. The molecule has 1 aliphatic heterocycles. The summed E-state index contributed by atoms with van der Waals surface area (Å²) in [6.45, 7) is 0.601. The van der Waals surface area contributed by atoms with Gasteiger partial charge in [-0.1, -0.05) is 0 Å². The van der Waals surface area contributed by atoms with Gasteiger partial charge in [0.25, 0.3) is 0 Å². The van der Waals surface area contributed by atoms with Crippen LogP contribution in [0.5, 0.6) is 0 Å². The van der Waals surface area contributed by atoms with E-state index in [2.05, 4.69) is 31.1 Å². The maximum atomic E-state index is 14.2. The molecule has 0 bridgehead atoms. The molecule has 1 N–H and O–H groups in total. The number of aromatic amines is 1. The van der Waals surface area contributed by atoms with Crippen molar-refractivity contribution in [3.05, 3.63) is 71.7 Å². The van der Waals surface area contributed by atoms with Crippen molar-refractivity contribution in [1.29, 1.82) is 5.26 Å². The number of imidazole rings is 1. The maximum Gasteiger partial charge on any atom is 0.183 e. The van der Waals surface area contributed by atoms with Gasteiger partial charge < -0.3 is 9.88 Å². The molecule has 0 radical (unpaired) electrons. The molecule has 9 heteroatoms. The zero-order valence-electron chi connectivity index (χ0n) is 14.0. The summed E-state index contributed by atoms with van der Waals surface area (Å²) in [4.78, 5) is 18.1. The lowest BCUT2D eigenvalue weighted by molar-refractivity contribution is 0.607. The quantitative estimate of drug-likeness (QED) is 0.587. The van der Waals surface area contributed by atoms with Crippen LogP contribution in [0.4, 0.5) is 10.2 Å². The molecule has 0 spiro atoms. The molecule has 0 amide bonds. The Hall–Kier alpha value is -3.80. The number of pyridine rings is 1. The molecule has 4 aromatic rings. The van der Waals surface area contributed by atoms with Crippen molar-refractivity contribution in [2.24, 2.45) is 0 Å². The minimum atomic E-state index is -0.400. The van der Waals surface area contributed by atoms with Gasteiger partial charge in [-0.3, -0.25) is 0 Å². The minimum Gasteiger partial charge on any atom is -0.348 e. The fourth-order valence-electron chi connectivity index (χ4n) is 3.56. The molecule has 8 nitrogen and oxygen atoms in total. The molecule has 0 saturated carbocycles. The van der Waals surface area contributed by atoms with Gasteiger partial charge in [-0.05, 0) is 18.2 Å². The molecule has 0 aliphatic carbocycles. The van der Waals surface area contributed by atoms with Crippen LogP contribution in [0.25, 0.3) is 5.52 Å². The summed E-state index contributed by atoms with van der Waals surface area (Å²) in [5, 5.41) is 14.0. The Morgan fingerprint density at radius 1 is 1.26 bits per heavy atom. The van der Waals surface area contributed by atoms with Crippen LogP contribution in [0.15, 0.2) is 43.1 Å². The van der Waals surface area contributed by atoms with Gasteiger partial charge in [-0.25, -0.2) is 23.9 Å². The van der Waals surface area contributed by atoms with Gasteiger partial charge in [-0.15, -0.1) is 0 Å². The predicted octanol–water partition coefficient (Wildman–Crippen LogP) is 2.01. The summed E-state index contributed by atoms with van der Waals surface area (Å²) >= 11 is 0. The van der Waals surface area contributed by atoms with Crippen LogP contribution in [0.1, 0.15) is 28.8 Å². The SMILES string of the molecule is N#Cc1nccnc1N1CCc2[nH]cnc2[C@H]1c1cc2c(F)cccn2n1. The topological polar surface area (TPSA) is 98.8 Å². The van der Waals surface area contributed by atoms with Gasteiger partial charge in [0.1, 0.15) is 23.4 Å². The molecule has 0 aromatic carbocycles. The van der Waals surface area contributed by atoms with E-state index in [0.717, 1.165) is 17.8 Å². The van der Waals surface area contributed by atoms with Crippen LogP contribution in [-0.4, -0.2) is 36.1 Å². The van der Waals surface area contributed by atoms with E-state index in [1.807, 2.05) is 4.90 Å². The molecule has 4 aromatic heterocycles. The zero-order valence-corrected chi connectivity index (χ0v) is 14.0. The first-order valence-electron chi connectivity index (χ1n) is 8.40. The van der Waals surface area contributed by atoms with Gasteiger partial charge in [0, 0.05) is 37.3 Å². The molecule has 5 heterocycles. The van der Waals surface area contributed by atoms with E-state index in [1.165, 1.54) is 16.8 Å². The van der Waals surface area contributed by atoms with E-state index in [9.17, 15) is 9.65 Å². The van der Waals surface area contributed by atoms with Gasteiger partial charge in [0.2, 0.25) is 0 Å². The number of nitrogens with one attached hydrogen (secondary N) is 1. The van der Waals surface area contributed by atoms with Crippen molar-refractivity contribution in [2.45, 2.75) is 12.5 Å². The molecule has 1 aliphatic rings. The molecule has 5 rings (SSSR count). The largest absolute Gasteiger partial charge is 0.348 e. The van der Waals surface area contributed by atoms with Crippen molar-refractivity contribution in [2.75, 3.05) is 11.4 Å². The molecule has 0 saturated heterocycles. The number of hydrogen-bond donors (Lipinski definition) is 1. The van der Waals surface area contributed by atoms with Gasteiger partial charge in [-0.2, -0.15) is 10.4 Å². The van der Waals surface area contributed by atoms with Crippen LogP contribution < -0.4 is 4.90 Å². The molecule has 132 valence electrons. The third kappa shape index (κ3) is 2.34. The first-order chi connectivity index (χ1) is 13.3. The van der Waals surface area contributed by atoms with Crippen LogP contribution >= 0.6 is 0 Å². The number of fused-ring (bicyclic) bond motifs is 2. The van der Waals surface area contributed by atoms with Crippen molar-refractivity contribution in [3.63, 3.8) is 0 Å². The maximum absolute atomic E-state index is 14.2. The predicted molar refractivity (Wildman–Crippen MR) is 93.4 cm³/mol. The second-order valence-electron chi connectivity index (χ2n) is 6.21. The van der Waals surface area contributed by atoms with Crippen molar-refractivity contribution in [1.82, 2.24) is 29.5 Å². The second kappa shape index (κ2) is 5.88. The number of hydrogen-bond acceptors (Lipinski definition) is 6. The summed E-state index contributed by atoms with van der Waals surface area (Å²) in [7, 11) is 0. The minimum absolute atomic E-state index is 0.233. The lowest BCUT2D eigenvalue weighted by Crippen LogP contribution is -2.37. The average Bonchev–Trinajstić information content (AvgIpc) is 3.34. The Kier molecular flexibility index (Phi) is 3.36. The zero-order chi connectivity index (χ0) is 18.4. The van der Waals surface area contributed by atoms with E-state index in [0.29, 0.717) is 23.6 Å². The van der Waals surface area contributed by atoms with Crippen LogP contribution in [0.2, 0.25) is 0 Å². The Morgan fingerprint density at radius 3 is 3.00 bits per heavy atom. The number of halogens is 1. The average molecular weight is 360 g/mol. The highest BCUT2D eigenvalue weighted by Crippen LogP contribution is 2.36. The summed E-state index contributed by atoms with van der Waals surface area (Å²) in [5.41, 5.74) is 3.03. The van der Waals surface area contributed by atoms with E-state index < -0.39 is 6.04 Å². The number of nitriles is 1. The van der Waals surface area contributed by atoms with Crippen LogP contribution in [0.3, 0.4) is 0 Å². The number of aromatic nitrogens is 6. The lowest BCUT2D eigenvalue weighted by Gasteiger charge is -2.34. The summed E-state index contributed by atoms with van der Waals surface area (Å²) in [6, 6.07) is 6.40. The van der Waals surface area contributed by atoms with E-state index >= 15 is 0 Å². The smallest absolute Gasteiger partial charge is 0.183 e. The van der Waals surface area contributed by atoms with Crippen molar-refractivity contribution in [3.8, 4) is 6.07 Å². The van der Waals surface area contributed by atoms with Crippen molar-refractivity contribution >= 4 is 11.3 Å². The van der Waals surface area contributed by atoms with E-state index in [4.69, 9.17) is 0 Å². The number of anilines is 1. The molecule has 27 heavy (non-hydrogen) atoms. The molecular weight excluding hydrogens is 347 g/mol. The van der Waals surface area contributed by atoms with Gasteiger partial charge >= 0.3 is 0 Å². The monoisotopic (exact) mass is 360 g/mol. The summed E-state index contributed by atoms with van der Waals surface area (Å²) in [6.07, 6.45) is 7.09. The van der Waals surface area contributed by atoms with Crippen LogP contribution in [0, 0.1) is 17.1 Å². The first kappa shape index (κ1) is 15.5. The fraction of sp³-hybridized carbons (Fsp3) is 0.167. The number of nitrogens with zero attached hydrogens (tertiary/aromatic N) is 7. The molecule has 1 atom stereocenters. The lowest BCUT2D eigenvalue weighted by atomic mass is 9.99. The molecular formula is C18H13FN8. The second-order valence-corrected chi connectivity index (χ2v) is 6.21. The Labute approximate surface area is 152 Å². The Morgan fingerprint density at radius 2 is 2.15 bits per heavy atom. The highest BCUT2D eigenvalue weighted by atomic mass is 19.1. The highest BCUT2D eigenvalue weighted by Gasteiger charge is 2.35. The van der Waals surface area contributed by atoms with Crippen molar-refractivity contribution < 1.29 is 4.39 Å². The molecule has 0 unspecified atom stereocenters. The number of H-pyrrole nitrogens is 1. The van der Waals surface area contributed by atoms with Gasteiger partial charge in [0.05, 0.1) is 17.7 Å². The summed E-state index contributed by atoms with van der Waals surface area (Å²) < 4.78 is 15.7. The first-order valence-corrected chi connectivity index (χ1v) is 8.40. The number of rotatable bonds is 2. The Balaban J connectivity index is 1.72. The van der Waals surface area contributed by atoms with Gasteiger partial charge in [0.15, 0.2) is 11.5 Å². The fourth-order valence-corrected chi connectivity index (χ4v) is 3.56. The third-order valence-electron chi connectivity index (χ3n) is 4.73. The summed E-state index contributed by atoms with van der Waals surface area (Å²) in [5.74, 6) is 0.120.